The Morgan fingerprint density at radius 2 is 1.43 bits per heavy atom. The highest BCUT2D eigenvalue weighted by Gasteiger charge is 2.13. The Labute approximate surface area is 182 Å². The first kappa shape index (κ1) is 22.0. The Morgan fingerprint density at radius 3 is 2.07 bits per heavy atom. The Kier molecular flexibility index (Phi) is 7.57. The van der Waals surface area contributed by atoms with Gasteiger partial charge in [-0.1, -0.05) is 81.3 Å². The number of hydrogen-bond donors (Lipinski definition) is 2. The summed E-state index contributed by atoms with van der Waals surface area (Å²) in [6.07, 6.45) is 5.21. The Morgan fingerprint density at radius 1 is 0.800 bits per heavy atom. The lowest BCUT2D eigenvalue weighted by Crippen LogP contribution is -2.12. The molecule has 0 aliphatic heterocycles. The second kappa shape index (κ2) is 10.3. The topological polar surface area (TPSA) is 38.0 Å². The van der Waals surface area contributed by atoms with Gasteiger partial charge in [-0.3, -0.25) is 0 Å². The Bertz CT molecular complexity index is 957. The summed E-state index contributed by atoms with van der Waals surface area (Å²) in [7, 11) is 0. The molecule has 2 heteroatoms. The van der Waals surface area contributed by atoms with Gasteiger partial charge in [-0.15, -0.1) is 0 Å². The summed E-state index contributed by atoms with van der Waals surface area (Å²) >= 11 is 0. The van der Waals surface area contributed by atoms with Gasteiger partial charge in [0.15, 0.2) is 0 Å². The number of hydrogen-bond acceptors (Lipinski definition) is 2. The second-order valence-corrected chi connectivity index (χ2v) is 8.30. The van der Waals surface area contributed by atoms with Crippen molar-refractivity contribution in [3.8, 4) is 0 Å². The van der Waals surface area contributed by atoms with Crippen LogP contribution in [0, 0.1) is 6.92 Å². The largest absolute Gasteiger partial charge is 0.399 e. The molecule has 0 aromatic heterocycles. The van der Waals surface area contributed by atoms with E-state index in [2.05, 4.69) is 87.6 Å². The third-order valence-corrected chi connectivity index (χ3v) is 5.93. The van der Waals surface area contributed by atoms with Crippen LogP contribution in [0.3, 0.4) is 0 Å². The van der Waals surface area contributed by atoms with Crippen molar-refractivity contribution in [1.82, 2.24) is 0 Å². The van der Waals surface area contributed by atoms with Gasteiger partial charge < -0.3 is 11.1 Å². The SMILES string of the molecule is CCCC(Nc1ccc(Cc2ccc(N)c(CC)c2)cc1CC)c1ccc(C)cc1. The van der Waals surface area contributed by atoms with E-state index < -0.39 is 0 Å². The molecular formula is C28H36N2. The van der Waals surface area contributed by atoms with Crippen molar-refractivity contribution in [2.45, 2.75) is 65.8 Å². The van der Waals surface area contributed by atoms with Gasteiger partial charge in [0.25, 0.3) is 0 Å². The van der Waals surface area contributed by atoms with Crippen LogP contribution < -0.4 is 11.1 Å². The van der Waals surface area contributed by atoms with Gasteiger partial charge in [0, 0.05) is 11.4 Å². The number of benzene rings is 3. The summed E-state index contributed by atoms with van der Waals surface area (Å²) in [4.78, 5) is 0. The minimum Gasteiger partial charge on any atom is -0.399 e. The third kappa shape index (κ3) is 5.44. The fourth-order valence-electron chi connectivity index (χ4n) is 4.10. The van der Waals surface area contributed by atoms with Crippen LogP contribution in [0.2, 0.25) is 0 Å². The van der Waals surface area contributed by atoms with Crippen molar-refractivity contribution in [3.63, 3.8) is 0 Å². The van der Waals surface area contributed by atoms with Crippen molar-refractivity contribution in [3.05, 3.63) is 94.0 Å². The fraction of sp³-hybridized carbons (Fsp3) is 0.357. The van der Waals surface area contributed by atoms with E-state index in [1.165, 1.54) is 39.1 Å². The number of nitrogen functional groups attached to an aromatic ring is 1. The maximum atomic E-state index is 6.08. The zero-order valence-corrected chi connectivity index (χ0v) is 19.0. The molecule has 0 aliphatic carbocycles. The van der Waals surface area contributed by atoms with Gasteiger partial charge in [-0.2, -0.15) is 0 Å². The van der Waals surface area contributed by atoms with E-state index in [9.17, 15) is 0 Å². The summed E-state index contributed by atoms with van der Waals surface area (Å²) in [6.45, 7) is 8.80. The number of aryl methyl sites for hydroxylation is 3. The minimum atomic E-state index is 0.343. The van der Waals surface area contributed by atoms with E-state index in [1.807, 2.05) is 6.07 Å². The van der Waals surface area contributed by atoms with Crippen LogP contribution in [-0.4, -0.2) is 0 Å². The van der Waals surface area contributed by atoms with Crippen molar-refractivity contribution in [1.29, 1.82) is 0 Å². The van der Waals surface area contributed by atoms with E-state index in [-0.39, 0.29) is 0 Å². The van der Waals surface area contributed by atoms with Crippen LogP contribution in [0.5, 0.6) is 0 Å². The first-order valence-electron chi connectivity index (χ1n) is 11.4. The van der Waals surface area contributed by atoms with Gasteiger partial charge >= 0.3 is 0 Å². The van der Waals surface area contributed by atoms with Crippen LogP contribution in [0.1, 0.15) is 73.0 Å². The van der Waals surface area contributed by atoms with Crippen LogP contribution in [-0.2, 0) is 19.3 Å². The van der Waals surface area contributed by atoms with Crippen molar-refractivity contribution < 1.29 is 0 Å². The molecule has 0 spiro atoms. The van der Waals surface area contributed by atoms with Gasteiger partial charge in [-0.05, 0) is 72.6 Å². The Balaban J connectivity index is 1.81. The van der Waals surface area contributed by atoms with Gasteiger partial charge in [0.05, 0.1) is 6.04 Å². The quantitative estimate of drug-likeness (QED) is 0.371. The molecule has 0 heterocycles. The first-order chi connectivity index (χ1) is 14.5. The average Bonchev–Trinajstić information content (AvgIpc) is 2.76. The van der Waals surface area contributed by atoms with E-state index in [0.29, 0.717) is 6.04 Å². The van der Waals surface area contributed by atoms with Crippen LogP contribution in [0.15, 0.2) is 60.7 Å². The fourth-order valence-corrected chi connectivity index (χ4v) is 4.10. The standard InChI is InChI=1S/C28H36N2/c1-5-8-27(25-13-9-20(4)10-14-25)30-28-16-12-22(19-24(28)7-3)17-21-11-15-26(29)23(6-2)18-21/h9-16,18-19,27,30H,5-8,17,29H2,1-4H3. The lowest BCUT2D eigenvalue weighted by Gasteiger charge is -2.22. The molecule has 0 amide bonds. The highest BCUT2D eigenvalue weighted by molar-refractivity contribution is 5.55. The molecule has 1 unspecified atom stereocenters. The number of nitrogens with two attached hydrogens (primary N) is 1. The molecule has 1 atom stereocenters. The predicted molar refractivity (Wildman–Crippen MR) is 131 cm³/mol. The molecule has 0 bridgehead atoms. The second-order valence-electron chi connectivity index (χ2n) is 8.30. The number of rotatable bonds is 9. The summed E-state index contributed by atoms with van der Waals surface area (Å²) in [6, 6.07) is 22.6. The van der Waals surface area contributed by atoms with E-state index in [1.54, 1.807) is 0 Å². The highest BCUT2D eigenvalue weighted by atomic mass is 14.9. The third-order valence-electron chi connectivity index (χ3n) is 5.93. The van der Waals surface area contributed by atoms with Crippen LogP contribution >= 0.6 is 0 Å². The van der Waals surface area contributed by atoms with E-state index in [4.69, 9.17) is 5.73 Å². The normalized spacial score (nSPS) is 12.0. The molecule has 158 valence electrons. The van der Waals surface area contributed by atoms with E-state index in [0.717, 1.165) is 37.8 Å². The summed E-state index contributed by atoms with van der Waals surface area (Å²) < 4.78 is 0. The van der Waals surface area contributed by atoms with Gasteiger partial charge in [0.1, 0.15) is 0 Å². The molecule has 3 N–H and O–H groups in total. The zero-order valence-electron chi connectivity index (χ0n) is 19.0. The van der Waals surface area contributed by atoms with Crippen molar-refractivity contribution in [2.24, 2.45) is 0 Å². The highest BCUT2D eigenvalue weighted by Crippen LogP contribution is 2.28. The zero-order chi connectivity index (χ0) is 21.5. The minimum absolute atomic E-state index is 0.343. The van der Waals surface area contributed by atoms with Crippen LogP contribution in [0.25, 0.3) is 0 Å². The monoisotopic (exact) mass is 400 g/mol. The maximum absolute atomic E-state index is 6.08. The lowest BCUT2D eigenvalue weighted by atomic mass is 9.97. The number of nitrogens with one attached hydrogen (secondary N) is 1. The van der Waals surface area contributed by atoms with Crippen LogP contribution in [0.4, 0.5) is 11.4 Å². The molecule has 2 nitrogen and oxygen atoms in total. The number of anilines is 2. The van der Waals surface area contributed by atoms with Crippen molar-refractivity contribution in [2.75, 3.05) is 11.1 Å². The summed E-state index contributed by atoms with van der Waals surface area (Å²) in [5.74, 6) is 0. The van der Waals surface area contributed by atoms with Gasteiger partial charge in [-0.25, -0.2) is 0 Å². The molecule has 0 saturated heterocycles. The lowest BCUT2D eigenvalue weighted by molar-refractivity contribution is 0.676. The Hall–Kier alpha value is -2.74. The van der Waals surface area contributed by atoms with Crippen molar-refractivity contribution >= 4 is 11.4 Å². The van der Waals surface area contributed by atoms with E-state index >= 15 is 0 Å². The summed E-state index contributed by atoms with van der Waals surface area (Å²) in [5, 5.41) is 3.84. The smallest absolute Gasteiger partial charge is 0.0513 e. The predicted octanol–water partition coefficient (Wildman–Crippen LogP) is 7.25. The molecule has 0 fully saturated rings. The summed E-state index contributed by atoms with van der Waals surface area (Å²) in [5.41, 5.74) is 16.2. The maximum Gasteiger partial charge on any atom is 0.0513 e. The van der Waals surface area contributed by atoms with Gasteiger partial charge in [0.2, 0.25) is 0 Å². The molecule has 0 aliphatic rings. The first-order valence-corrected chi connectivity index (χ1v) is 11.4. The average molecular weight is 401 g/mol. The molecule has 0 radical (unpaired) electrons. The molecular weight excluding hydrogens is 364 g/mol. The molecule has 3 rings (SSSR count). The molecule has 0 saturated carbocycles. The molecule has 3 aromatic carbocycles. The molecule has 30 heavy (non-hydrogen) atoms. The molecule has 3 aromatic rings.